The van der Waals surface area contributed by atoms with Crippen molar-refractivity contribution in [3.63, 3.8) is 0 Å². The highest BCUT2D eigenvalue weighted by Crippen LogP contribution is 2.30. The Balaban J connectivity index is 1.77. The summed E-state index contributed by atoms with van der Waals surface area (Å²) in [7, 11) is 0. The molecule has 4 rings (SSSR count). The van der Waals surface area contributed by atoms with Crippen LogP contribution >= 0.6 is 0 Å². The van der Waals surface area contributed by atoms with Gasteiger partial charge >= 0.3 is 5.97 Å². The number of carbonyl (C=O) groups is 1. The van der Waals surface area contributed by atoms with Crippen molar-refractivity contribution in [1.29, 1.82) is 0 Å². The average molecular weight is 358 g/mol. The van der Waals surface area contributed by atoms with Gasteiger partial charge in [0.2, 0.25) is 0 Å². The number of nitrogens with zero attached hydrogens (tertiary/aromatic N) is 2. The number of carboxylic acid groups (broad SMARTS) is 1. The molecule has 0 fully saturated rings. The first-order chi connectivity index (χ1) is 13.2. The fraction of sp³-hybridized carbons (Fsp3) is 0.136. The first-order valence-electron chi connectivity index (χ1n) is 8.75. The second-order valence-electron chi connectivity index (χ2n) is 6.26. The molecule has 2 heterocycles. The number of aromatic carboxylic acids is 1. The van der Waals surface area contributed by atoms with Gasteiger partial charge in [-0.25, -0.2) is 4.79 Å². The van der Waals surface area contributed by atoms with Gasteiger partial charge in [-0.1, -0.05) is 30.3 Å². The number of aliphatic imine (C=N–C) groups is 1. The van der Waals surface area contributed by atoms with Gasteiger partial charge in [-0.05, 0) is 35.9 Å². The van der Waals surface area contributed by atoms with Gasteiger partial charge in [-0.3, -0.25) is 9.98 Å². The minimum atomic E-state index is -0.969. The van der Waals surface area contributed by atoms with Gasteiger partial charge in [0, 0.05) is 36.0 Å². The molecular formula is C22H18N2O3. The lowest BCUT2D eigenvalue weighted by atomic mass is 9.96. The largest absolute Gasteiger partial charge is 0.488 e. The Morgan fingerprint density at radius 3 is 2.74 bits per heavy atom. The Bertz CT molecular complexity index is 1010. The monoisotopic (exact) mass is 358 g/mol. The van der Waals surface area contributed by atoms with E-state index in [1.807, 2.05) is 42.5 Å². The van der Waals surface area contributed by atoms with Crippen LogP contribution in [0, 0.1) is 0 Å². The highest BCUT2D eigenvalue weighted by atomic mass is 16.5. The molecule has 5 nitrogen and oxygen atoms in total. The first-order valence-corrected chi connectivity index (χ1v) is 8.75. The number of aromatic nitrogens is 1. The molecule has 1 N–H and O–H groups in total. The summed E-state index contributed by atoms with van der Waals surface area (Å²) in [5, 5.41) is 9.37. The van der Waals surface area contributed by atoms with Crippen LogP contribution in [0.15, 0.2) is 71.9 Å². The second-order valence-corrected chi connectivity index (χ2v) is 6.26. The molecule has 1 aromatic heterocycles. The summed E-state index contributed by atoms with van der Waals surface area (Å²) >= 11 is 0. The third-order valence-electron chi connectivity index (χ3n) is 4.50. The lowest BCUT2D eigenvalue weighted by Crippen LogP contribution is -2.08. The molecule has 0 aliphatic carbocycles. The summed E-state index contributed by atoms with van der Waals surface area (Å²) in [6, 6.07) is 18.7. The van der Waals surface area contributed by atoms with Crippen molar-refractivity contribution in [3.8, 4) is 5.75 Å². The number of carboxylic acids is 1. The van der Waals surface area contributed by atoms with Crippen LogP contribution in [0.25, 0.3) is 0 Å². The van der Waals surface area contributed by atoms with E-state index in [0.717, 1.165) is 22.5 Å². The van der Waals surface area contributed by atoms with Gasteiger partial charge in [0.1, 0.15) is 12.4 Å². The molecular weight excluding hydrogens is 340 g/mol. The van der Waals surface area contributed by atoms with E-state index in [1.54, 1.807) is 24.4 Å². The number of hydrogen-bond donors (Lipinski definition) is 1. The Morgan fingerprint density at radius 2 is 1.93 bits per heavy atom. The molecule has 5 heteroatoms. The maximum absolute atomic E-state index is 11.4. The number of ether oxygens (including phenoxy) is 1. The molecule has 0 radical (unpaired) electrons. The third kappa shape index (κ3) is 3.58. The van der Waals surface area contributed by atoms with Gasteiger partial charge in [0.05, 0.1) is 11.3 Å². The lowest BCUT2D eigenvalue weighted by molar-refractivity contribution is 0.0697. The standard InChI is InChI=1S/C22H18N2O3/c25-22(26)15-8-9-20-19(13-15)21(18-7-2-1-5-16(18)14-27-20)24-12-10-17-6-3-4-11-23-17/h1-9,11,13H,10,12,14H2,(H,25,26)/b24-21+. The van der Waals surface area contributed by atoms with Crippen LogP contribution in [0.4, 0.5) is 0 Å². The van der Waals surface area contributed by atoms with Crippen molar-refractivity contribution >= 4 is 11.7 Å². The van der Waals surface area contributed by atoms with E-state index in [4.69, 9.17) is 9.73 Å². The molecule has 0 unspecified atom stereocenters. The molecule has 0 amide bonds. The molecule has 0 spiro atoms. The van der Waals surface area contributed by atoms with Gasteiger partial charge < -0.3 is 9.84 Å². The number of pyridine rings is 1. The minimum Gasteiger partial charge on any atom is -0.488 e. The van der Waals surface area contributed by atoms with Crippen LogP contribution in [0.3, 0.4) is 0 Å². The number of rotatable bonds is 4. The normalized spacial score (nSPS) is 14.0. The van der Waals surface area contributed by atoms with Crippen LogP contribution in [-0.2, 0) is 13.0 Å². The fourth-order valence-corrected chi connectivity index (χ4v) is 3.15. The topological polar surface area (TPSA) is 71.8 Å². The highest BCUT2D eigenvalue weighted by Gasteiger charge is 2.21. The van der Waals surface area contributed by atoms with E-state index in [0.29, 0.717) is 30.9 Å². The predicted molar refractivity (Wildman–Crippen MR) is 103 cm³/mol. The molecule has 3 aromatic rings. The van der Waals surface area contributed by atoms with E-state index >= 15 is 0 Å². The van der Waals surface area contributed by atoms with Gasteiger partial charge in [-0.15, -0.1) is 0 Å². The maximum Gasteiger partial charge on any atom is 0.335 e. The molecule has 134 valence electrons. The van der Waals surface area contributed by atoms with Crippen molar-refractivity contribution in [2.75, 3.05) is 6.54 Å². The number of hydrogen-bond acceptors (Lipinski definition) is 4. The Morgan fingerprint density at radius 1 is 1.07 bits per heavy atom. The van der Waals surface area contributed by atoms with Crippen LogP contribution < -0.4 is 4.74 Å². The summed E-state index contributed by atoms with van der Waals surface area (Å²) < 4.78 is 5.92. The predicted octanol–water partition coefficient (Wildman–Crippen LogP) is 3.75. The van der Waals surface area contributed by atoms with Crippen molar-refractivity contribution in [2.45, 2.75) is 13.0 Å². The third-order valence-corrected chi connectivity index (χ3v) is 4.50. The van der Waals surface area contributed by atoms with Crippen molar-refractivity contribution in [1.82, 2.24) is 4.98 Å². The number of benzene rings is 2. The van der Waals surface area contributed by atoms with Gasteiger partial charge in [-0.2, -0.15) is 0 Å². The quantitative estimate of drug-likeness (QED) is 0.771. The van der Waals surface area contributed by atoms with Crippen LogP contribution in [0.2, 0.25) is 0 Å². The van der Waals surface area contributed by atoms with E-state index in [9.17, 15) is 9.90 Å². The molecule has 0 atom stereocenters. The van der Waals surface area contributed by atoms with Crippen LogP contribution in [0.1, 0.15) is 32.7 Å². The molecule has 0 saturated carbocycles. The molecule has 1 aliphatic rings. The fourth-order valence-electron chi connectivity index (χ4n) is 3.15. The molecule has 2 aromatic carbocycles. The molecule has 0 saturated heterocycles. The second kappa shape index (κ2) is 7.41. The van der Waals surface area contributed by atoms with E-state index in [1.165, 1.54) is 0 Å². The summed E-state index contributed by atoms with van der Waals surface area (Å²) in [4.78, 5) is 20.6. The van der Waals surface area contributed by atoms with Crippen LogP contribution in [-0.4, -0.2) is 28.3 Å². The number of fused-ring (bicyclic) bond motifs is 2. The van der Waals surface area contributed by atoms with Crippen molar-refractivity contribution in [2.24, 2.45) is 4.99 Å². The van der Waals surface area contributed by atoms with Gasteiger partial charge in [0.25, 0.3) is 0 Å². The Kier molecular flexibility index (Phi) is 4.66. The zero-order valence-corrected chi connectivity index (χ0v) is 14.6. The first kappa shape index (κ1) is 17.0. The molecule has 27 heavy (non-hydrogen) atoms. The summed E-state index contributed by atoms with van der Waals surface area (Å²) in [5.74, 6) is -0.323. The zero-order chi connectivity index (χ0) is 18.6. The summed E-state index contributed by atoms with van der Waals surface area (Å²) in [6.07, 6.45) is 2.48. The lowest BCUT2D eigenvalue weighted by Gasteiger charge is -2.10. The SMILES string of the molecule is O=C(O)c1ccc2c(c1)/C(=N/CCc1ccccn1)c1ccccc1CO2. The highest BCUT2D eigenvalue weighted by molar-refractivity contribution is 6.16. The average Bonchev–Trinajstić information content (AvgIpc) is 2.86. The Labute approximate surface area is 157 Å². The summed E-state index contributed by atoms with van der Waals surface area (Å²) in [5.41, 5.74) is 4.66. The molecule has 1 aliphatic heterocycles. The maximum atomic E-state index is 11.4. The van der Waals surface area contributed by atoms with Crippen molar-refractivity contribution in [3.05, 3.63) is 94.8 Å². The van der Waals surface area contributed by atoms with Gasteiger partial charge in [0.15, 0.2) is 0 Å². The van der Waals surface area contributed by atoms with E-state index in [2.05, 4.69) is 4.98 Å². The zero-order valence-electron chi connectivity index (χ0n) is 14.6. The van der Waals surface area contributed by atoms with Crippen molar-refractivity contribution < 1.29 is 14.6 Å². The Hall–Kier alpha value is -3.47. The van der Waals surface area contributed by atoms with Crippen LogP contribution in [0.5, 0.6) is 5.75 Å². The van der Waals surface area contributed by atoms with E-state index in [-0.39, 0.29) is 5.56 Å². The smallest absolute Gasteiger partial charge is 0.335 e. The minimum absolute atomic E-state index is 0.217. The molecule has 0 bridgehead atoms. The summed E-state index contributed by atoms with van der Waals surface area (Å²) in [6.45, 7) is 0.978. The van der Waals surface area contributed by atoms with E-state index < -0.39 is 5.97 Å².